The minimum atomic E-state index is 0.0153. The van der Waals surface area contributed by atoms with E-state index in [9.17, 15) is 4.79 Å². The third-order valence-corrected chi connectivity index (χ3v) is 4.25. The molecule has 1 unspecified atom stereocenters. The van der Waals surface area contributed by atoms with Gasteiger partial charge in [0.1, 0.15) is 0 Å². The molecule has 0 aromatic rings. The normalized spacial score (nSPS) is 38.4. The first-order chi connectivity index (χ1) is 7.53. The van der Waals surface area contributed by atoms with E-state index in [1.165, 1.54) is 25.7 Å². The van der Waals surface area contributed by atoms with Crippen LogP contribution in [0.4, 0.5) is 4.79 Å². The van der Waals surface area contributed by atoms with Gasteiger partial charge >= 0.3 is 6.03 Å². The standard InChI is InChI=1S/C13H24N2O/c1-4-10(3)14-12(16)15-11-7-13(8-11)5-9(2)6-13/h9-11H,4-8H2,1-3H3,(H2,14,15,16). The van der Waals surface area contributed by atoms with Crippen molar-refractivity contribution >= 4 is 6.03 Å². The highest BCUT2D eigenvalue weighted by Gasteiger charge is 2.51. The number of carbonyl (C=O) groups excluding carboxylic acids is 1. The molecule has 2 N–H and O–H groups in total. The lowest BCUT2D eigenvalue weighted by Gasteiger charge is -2.57. The first-order valence-corrected chi connectivity index (χ1v) is 6.60. The summed E-state index contributed by atoms with van der Waals surface area (Å²) in [6.45, 7) is 6.44. The van der Waals surface area contributed by atoms with Gasteiger partial charge in [0, 0.05) is 12.1 Å². The Morgan fingerprint density at radius 2 is 2.00 bits per heavy atom. The van der Waals surface area contributed by atoms with Gasteiger partial charge in [-0.2, -0.15) is 0 Å². The fraction of sp³-hybridized carbons (Fsp3) is 0.923. The van der Waals surface area contributed by atoms with Crippen LogP contribution in [0, 0.1) is 11.3 Å². The Bertz CT molecular complexity index is 263. The Morgan fingerprint density at radius 3 is 2.50 bits per heavy atom. The molecular weight excluding hydrogens is 200 g/mol. The van der Waals surface area contributed by atoms with Crippen molar-refractivity contribution in [1.82, 2.24) is 10.6 Å². The van der Waals surface area contributed by atoms with Crippen molar-refractivity contribution in [2.75, 3.05) is 0 Å². The minimum absolute atomic E-state index is 0.0153. The Kier molecular flexibility index (Phi) is 3.13. The lowest BCUT2D eigenvalue weighted by molar-refractivity contribution is -0.0387. The molecular formula is C13H24N2O. The highest BCUT2D eigenvalue weighted by molar-refractivity contribution is 5.74. The van der Waals surface area contributed by atoms with Gasteiger partial charge in [-0.25, -0.2) is 4.79 Å². The van der Waals surface area contributed by atoms with Crippen LogP contribution in [0.5, 0.6) is 0 Å². The maximum Gasteiger partial charge on any atom is 0.315 e. The maximum atomic E-state index is 11.6. The summed E-state index contributed by atoms with van der Waals surface area (Å²) in [6, 6.07) is 0.718. The number of nitrogens with one attached hydrogen (secondary N) is 2. The van der Waals surface area contributed by atoms with Crippen LogP contribution in [0.15, 0.2) is 0 Å². The number of hydrogen-bond acceptors (Lipinski definition) is 1. The first-order valence-electron chi connectivity index (χ1n) is 6.60. The SMILES string of the molecule is CCC(C)NC(=O)NC1CC2(CC(C)C2)C1. The van der Waals surface area contributed by atoms with Gasteiger partial charge in [-0.3, -0.25) is 0 Å². The van der Waals surface area contributed by atoms with Crippen molar-refractivity contribution in [3.05, 3.63) is 0 Å². The van der Waals surface area contributed by atoms with Gasteiger partial charge in [-0.05, 0) is 50.4 Å². The highest BCUT2D eigenvalue weighted by Crippen LogP contribution is 2.58. The molecule has 2 fully saturated rings. The molecule has 0 radical (unpaired) electrons. The second-order valence-corrected chi connectivity index (χ2v) is 6.05. The van der Waals surface area contributed by atoms with Crippen LogP contribution in [0.25, 0.3) is 0 Å². The van der Waals surface area contributed by atoms with E-state index in [0.29, 0.717) is 11.5 Å². The molecule has 1 spiro atoms. The van der Waals surface area contributed by atoms with Gasteiger partial charge in [0.05, 0.1) is 0 Å². The predicted molar refractivity (Wildman–Crippen MR) is 65.3 cm³/mol. The predicted octanol–water partition coefficient (Wildman–Crippen LogP) is 2.66. The van der Waals surface area contributed by atoms with Gasteiger partial charge in [0.15, 0.2) is 0 Å². The Hall–Kier alpha value is -0.730. The van der Waals surface area contributed by atoms with Crippen LogP contribution in [-0.4, -0.2) is 18.1 Å². The third kappa shape index (κ3) is 2.33. The molecule has 1 atom stereocenters. The largest absolute Gasteiger partial charge is 0.336 e. The highest BCUT2D eigenvalue weighted by atomic mass is 16.2. The molecule has 2 rings (SSSR count). The minimum Gasteiger partial charge on any atom is -0.336 e. The van der Waals surface area contributed by atoms with E-state index in [1.807, 2.05) is 6.92 Å². The second-order valence-electron chi connectivity index (χ2n) is 6.05. The quantitative estimate of drug-likeness (QED) is 0.760. The summed E-state index contributed by atoms with van der Waals surface area (Å²) in [5.41, 5.74) is 0.619. The van der Waals surface area contributed by atoms with Gasteiger partial charge in [-0.1, -0.05) is 13.8 Å². The number of hydrogen-bond donors (Lipinski definition) is 2. The zero-order valence-corrected chi connectivity index (χ0v) is 10.7. The molecule has 2 aliphatic rings. The van der Waals surface area contributed by atoms with Crippen LogP contribution < -0.4 is 10.6 Å². The average Bonchev–Trinajstić information content (AvgIpc) is 2.11. The van der Waals surface area contributed by atoms with Crippen molar-refractivity contribution in [2.24, 2.45) is 11.3 Å². The van der Waals surface area contributed by atoms with E-state index in [0.717, 1.165) is 12.3 Å². The van der Waals surface area contributed by atoms with Crippen molar-refractivity contribution < 1.29 is 4.79 Å². The number of amides is 2. The fourth-order valence-corrected chi connectivity index (χ4v) is 3.39. The fourth-order valence-electron chi connectivity index (χ4n) is 3.39. The van der Waals surface area contributed by atoms with E-state index < -0.39 is 0 Å². The molecule has 3 nitrogen and oxygen atoms in total. The van der Waals surface area contributed by atoms with Crippen molar-refractivity contribution in [1.29, 1.82) is 0 Å². The summed E-state index contributed by atoms with van der Waals surface area (Å²) in [5, 5.41) is 6.02. The summed E-state index contributed by atoms with van der Waals surface area (Å²) in [6.07, 6.45) is 6.13. The average molecular weight is 224 g/mol. The van der Waals surface area contributed by atoms with E-state index >= 15 is 0 Å². The molecule has 16 heavy (non-hydrogen) atoms. The zero-order chi connectivity index (χ0) is 11.8. The molecule has 0 aromatic carbocycles. The molecule has 0 aromatic heterocycles. The van der Waals surface area contributed by atoms with Crippen LogP contribution in [0.2, 0.25) is 0 Å². The monoisotopic (exact) mass is 224 g/mol. The van der Waals surface area contributed by atoms with E-state index in [-0.39, 0.29) is 12.1 Å². The summed E-state index contributed by atoms with van der Waals surface area (Å²) >= 11 is 0. The Morgan fingerprint density at radius 1 is 1.38 bits per heavy atom. The van der Waals surface area contributed by atoms with Gasteiger partial charge in [0.2, 0.25) is 0 Å². The lowest BCUT2D eigenvalue weighted by atomic mass is 9.50. The third-order valence-electron chi connectivity index (χ3n) is 4.25. The summed E-state index contributed by atoms with van der Waals surface area (Å²) in [4.78, 5) is 11.6. The van der Waals surface area contributed by atoms with E-state index in [1.54, 1.807) is 0 Å². The van der Waals surface area contributed by atoms with Gasteiger partial charge in [0.25, 0.3) is 0 Å². The van der Waals surface area contributed by atoms with E-state index in [2.05, 4.69) is 24.5 Å². The molecule has 2 amide bonds. The van der Waals surface area contributed by atoms with Crippen molar-refractivity contribution in [3.8, 4) is 0 Å². The molecule has 0 aliphatic heterocycles. The number of rotatable bonds is 3. The molecule has 2 aliphatic carbocycles. The van der Waals surface area contributed by atoms with Gasteiger partial charge in [-0.15, -0.1) is 0 Å². The zero-order valence-electron chi connectivity index (χ0n) is 10.7. The van der Waals surface area contributed by atoms with Crippen LogP contribution in [0.3, 0.4) is 0 Å². The summed E-state index contributed by atoms with van der Waals surface area (Å²) in [7, 11) is 0. The molecule has 0 heterocycles. The van der Waals surface area contributed by atoms with Crippen LogP contribution >= 0.6 is 0 Å². The lowest BCUT2D eigenvalue weighted by Crippen LogP contribution is -2.57. The van der Waals surface area contributed by atoms with Crippen molar-refractivity contribution in [2.45, 2.75) is 65.0 Å². The maximum absolute atomic E-state index is 11.6. The first kappa shape index (κ1) is 11.7. The number of urea groups is 1. The topological polar surface area (TPSA) is 41.1 Å². The summed E-state index contributed by atoms with van der Waals surface area (Å²) in [5.74, 6) is 0.912. The molecule has 92 valence electrons. The summed E-state index contributed by atoms with van der Waals surface area (Å²) < 4.78 is 0. The molecule has 2 saturated carbocycles. The van der Waals surface area contributed by atoms with Crippen LogP contribution in [-0.2, 0) is 0 Å². The second kappa shape index (κ2) is 4.27. The smallest absolute Gasteiger partial charge is 0.315 e. The molecule has 0 bridgehead atoms. The van der Waals surface area contributed by atoms with E-state index in [4.69, 9.17) is 0 Å². The van der Waals surface area contributed by atoms with Crippen molar-refractivity contribution in [3.63, 3.8) is 0 Å². The Balaban J connectivity index is 1.64. The molecule has 3 heteroatoms. The van der Waals surface area contributed by atoms with Gasteiger partial charge < -0.3 is 10.6 Å². The number of carbonyl (C=O) groups is 1. The van der Waals surface area contributed by atoms with Crippen LogP contribution in [0.1, 0.15) is 52.9 Å². The molecule has 0 saturated heterocycles. The Labute approximate surface area is 98.4 Å².